The third-order valence-electron chi connectivity index (χ3n) is 4.15. The molecule has 0 atom stereocenters. The maximum absolute atomic E-state index is 12.5. The van der Waals surface area contributed by atoms with Crippen molar-refractivity contribution in [3.8, 4) is 10.4 Å². The Labute approximate surface area is 149 Å². The Bertz CT molecular complexity index is 743. The molecule has 1 aliphatic heterocycles. The van der Waals surface area contributed by atoms with Gasteiger partial charge in [0.15, 0.2) is 0 Å². The number of aliphatic hydroxyl groups is 1. The molecule has 0 bridgehead atoms. The van der Waals surface area contributed by atoms with Gasteiger partial charge in [-0.25, -0.2) is 0 Å². The summed E-state index contributed by atoms with van der Waals surface area (Å²) in [5.41, 5.74) is 1.68. The predicted octanol–water partition coefficient (Wildman–Crippen LogP) is 1.35. The maximum Gasteiger partial charge on any atom is 0.489 e. The molecule has 1 aromatic carbocycles. The van der Waals surface area contributed by atoms with E-state index in [-0.39, 0.29) is 12.0 Å². The highest BCUT2D eigenvalue weighted by molar-refractivity contribution is 7.14. The fraction of sp³-hybridized carbons (Fsp3) is 0.312. The average Bonchev–Trinajstić information content (AvgIpc) is 3.05. The van der Waals surface area contributed by atoms with Crippen LogP contribution in [0.4, 0.5) is 0 Å². The average molecular weight is 366 g/mol. The molecule has 2 heterocycles. The molecule has 126 valence electrons. The number of benzene rings is 1. The van der Waals surface area contributed by atoms with Crippen LogP contribution in [0.25, 0.3) is 10.4 Å². The van der Waals surface area contributed by atoms with E-state index in [1.54, 1.807) is 34.5 Å². The lowest BCUT2D eigenvalue weighted by atomic mass is 9.82. The number of likely N-dealkylation sites (tertiary alicyclic amines) is 1. The van der Waals surface area contributed by atoms with E-state index in [1.807, 2.05) is 0 Å². The zero-order valence-corrected chi connectivity index (χ0v) is 14.4. The molecule has 0 radical (unpaired) electrons. The van der Waals surface area contributed by atoms with Crippen molar-refractivity contribution in [2.24, 2.45) is 0 Å². The SMILES string of the molecule is O=C(c1ccc(-c2cc(B(O)O)cs2)c(Cl)c1)N1CCC(O)CC1. The van der Waals surface area contributed by atoms with Crippen LogP contribution in [0.5, 0.6) is 0 Å². The van der Waals surface area contributed by atoms with Gasteiger partial charge in [0.25, 0.3) is 5.91 Å². The quantitative estimate of drug-likeness (QED) is 0.717. The molecule has 1 aliphatic rings. The Balaban J connectivity index is 1.80. The fourth-order valence-electron chi connectivity index (χ4n) is 2.73. The highest BCUT2D eigenvalue weighted by Crippen LogP contribution is 2.32. The highest BCUT2D eigenvalue weighted by atomic mass is 35.5. The minimum atomic E-state index is -1.51. The molecule has 0 aliphatic carbocycles. The fourth-order valence-corrected chi connectivity index (χ4v) is 4.03. The number of halogens is 1. The number of aliphatic hydroxyl groups excluding tert-OH is 1. The summed E-state index contributed by atoms with van der Waals surface area (Å²) in [5, 5.41) is 30.0. The van der Waals surface area contributed by atoms with Gasteiger partial charge in [-0.1, -0.05) is 17.7 Å². The highest BCUT2D eigenvalue weighted by Gasteiger charge is 2.23. The molecule has 1 saturated heterocycles. The first-order valence-corrected chi connectivity index (χ1v) is 8.93. The van der Waals surface area contributed by atoms with Crippen LogP contribution in [0, 0.1) is 0 Å². The minimum absolute atomic E-state index is 0.0898. The molecule has 1 fully saturated rings. The van der Waals surface area contributed by atoms with Crippen molar-refractivity contribution < 1.29 is 19.9 Å². The van der Waals surface area contributed by atoms with Crippen LogP contribution in [-0.4, -0.2) is 52.3 Å². The maximum atomic E-state index is 12.5. The number of piperidine rings is 1. The summed E-state index contributed by atoms with van der Waals surface area (Å²) >= 11 is 7.69. The molecule has 0 saturated carbocycles. The number of carbonyl (C=O) groups is 1. The molecule has 2 aromatic rings. The van der Waals surface area contributed by atoms with Gasteiger partial charge in [-0.2, -0.15) is 0 Å². The van der Waals surface area contributed by atoms with E-state index in [4.69, 9.17) is 11.6 Å². The van der Waals surface area contributed by atoms with Crippen LogP contribution >= 0.6 is 22.9 Å². The molecule has 0 spiro atoms. The Morgan fingerprint density at radius 1 is 1.25 bits per heavy atom. The van der Waals surface area contributed by atoms with Crippen molar-refractivity contribution in [3.05, 3.63) is 40.2 Å². The number of hydrogen-bond acceptors (Lipinski definition) is 5. The summed E-state index contributed by atoms with van der Waals surface area (Å²) in [6, 6.07) is 6.81. The number of carbonyl (C=O) groups excluding carboxylic acids is 1. The number of hydrogen-bond donors (Lipinski definition) is 3. The summed E-state index contributed by atoms with van der Waals surface area (Å²) in [5.74, 6) is -0.0898. The van der Waals surface area contributed by atoms with Crippen molar-refractivity contribution >= 4 is 41.4 Å². The second kappa shape index (κ2) is 7.25. The van der Waals surface area contributed by atoms with Crippen LogP contribution in [0.2, 0.25) is 5.02 Å². The molecular formula is C16H17BClNO4S. The van der Waals surface area contributed by atoms with E-state index in [0.29, 0.717) is 42.0 Å². The topological polar surface area (TPSA) is 81.0 Å². The summed E-state index contributed by atoms with van der Waals surface area (Å²) in [7, 11) is -1.51. The Hall–Kier alpha value is -1.38. The van der Waals surface area contributed by atoms with E-state index in [1.165, 1.54) is 11.3 Å². The molecular weight excluding hydrogens is 349 g/mol. The van der Waals surface area contributed by atoms with E-state index in [2.05, 4.69) is 0 Å². The lowest BCUT2D eigenvalue weighted by Gasteiger charge is -2.29. The van der Waals surface area contributed by atoms with Crippen molar-refractivity contribution in [1.82, 2.24) is 4.90 Å². The Morgan fingerprint density at radius 2 is 1.96 bits per heavy atom. The van der Waals surface area contributed by atoms with Gasteiger partial charge in [0, 0.05) is 29.1 Å². The first-order valence-electron chi connectivity index (χ1n) is 7.67. The van der Waals surface area contributed by atoms with E-state index in [0.717, 1.165) is 10.4 Å². The third kappa shape index (κ3) is 3.65. The molecule has 3 N–H and O–H groups in total. The predicted molar refractivity (Wildman–Crippen MR) is 95.7 cm³/mol. The van der Waals surface area contributed by atoms with Gasteiger partial charge in [0.2, 0.25) is 0 Å². The molecule has 1 aromatic heterocycles. The van der Waals surface area contributed by atoms with Gasteiger partial charge in [-0.3, -0.25) is 4.79 Å². The molecule has 0 unspecified atom stereocenters. The number of amides is 1. The molecule has 24 heavy (non-hydrogen) atoms. The summed E-state index contributed by atoms with van der Waals surface area (Å²) in [6.45, 7) is 1.09. The molecule has 3 rings (SSSR count). The molecule has 8 heteroatoms. The molecule has 1 amide bonds. The zero-order valence-electron chi connectivity index (χ0n) is 12.9. The standard InChI is InChI=1S/C16H17BClNO4S/c18-14-7-10(16(21)19-5-3-12(20)4-6-19)1-2-13(14)15-8-11(9-24-15)17(22)23/h1-2,7-9,12,20,22-23H,3-6H2. The van der Waals surface area contributed by atoms with Crippen molar-refractivity contribution in [3.63, 3.8) is 0 Å². The first kappa shape index (κ1) is 17.4. The normalized spacial score (nSPS) is 15.6. The van der Waals surface area contributed by atoms with E-state index >= 15 is 0 Å². The number of thiophene rings is 1. The van der Waals surface area contributed by atoms with Gasteiger partial charge in [-0.05, 0) is 41.9 Å². The van der Waals surface area contributed by atoms with Crippen LogP contribution in [0.1, 0.15) is 23.2 Å². The Morgan fingerprint density at radius 3 is 2.54 bits per heavy atom. The monoisotopic (exact) mass is 365 g/mol. The Kier molecular flexibility index (Phi) is 5.27. The van der Waals surface area contributed by atoms with Crippen molar-refractivity contribution in [2.45, 2.75) is 18.9 Å². The van der Waals surface area contributed by atoms with E-state index < -0.39 is 7.12 Å². The van der Waals surface area contributed by atoms with Crippen molar-refractivity contribution in [1.29, 1.82) is 0 Å². The zero-order chi connectivity index (χ0) is 17.3. The van der Waals surface area contributed by atoms with Gasteiger partial charge in [-0.15, -0.1) is 11.3 Å². The largest absolute Gasteiger partial charge is 0.489 e. The van der Waals surface area contributed by atoms with Gasteiger partial charge < -0.3 is 20.1 Å². The van der Waals surface area contributed by atoms with Crippen LogP contribution in [0.3, 0.4) is 0 Å². The smallest absolute Gasteiger partial charge is 0.423 e. The second-order valence-corrected chi connectivity index (χ2v) is 7.15. The number of nitrogens with zero attached hydrogens (tertiary/aromatic N) is 1. The lowest BCUT2D eigenvalue weighted by molar-refractivity contribution is 0.0546. The number of rotatable bonds is 3. The van der Waals surface area contributed by atoms with E-state index in [9.17, 15) is 19.9 Å². The minimum Gasteiger partial charge on any atom is -0.423 e. The van der Waals surface area contributed by atoms with Crippen molar-refractivity contribution in [2.75, 3.05) is 13.1 Å². The van der Waals surface area contributed by atoms with Crippen LogP contribution in [0.15, 0.2) is 29.6 Å². The van der Waals surface area contributed by atoms with Gasteiger partial charge in [0.05, 0.1) is 11.1 Å². The van der Waals surface area contributed by atoms with Gasteiger partial charge >= 0.3 is 7.12 Å². The van der Waals surface area contributed by atoms with Crippen LogP contribution < -0.4 is 5.46 Å². The summed E-state index contributed by atoms with van der Waals surface area (Å²) in [6.07, 6.45) is 0.868. The third-order valence-corrected chi connectivity index (χ3v) is 5.45. The summed E-state index contributed by atoms with van der Waals surface area (Å²) in [4.78, 5) is 15.1. The first-order chi connectivity index (χ1) is 11.5. The molecule has 5 nitrogen and oxygen atoms in total. The summed E-state index contributed by atoms with van der Waals surface area (Å²) < 4.78 is 0. The second-order valence-electron chi connectivity index (χ2n) is 5.84. The van der Waals surface area contributed by atoms with Gasteiger partial charge in [0.1, 0.15) is 0 Å². The lowest BCUT2D eigenvalue weighted by Crippen LogP contribution is -2.40. The van der Waals surface area contributed by atoms with Crippen LogP contribution in [-0.2, 0) is 0 Å².